The first-order chi connectivity index (χ1) is 9.20. The van der Waals surface area contributed by atoms with Crippen LogP contribution in [0, 0.1) is 5.82 Å². The summed E-state index contributed by atoms with van der Waals surface area (Å²) in [6, 6.07) is 2.93. The molecule has 0 saturated carbocycles. The van der Waals surface area contributed by atoms with Crippen molar-refractivity contribution in [3.63, 3.8) is 0 Å². The maximum absolute atomic E-state index is 13.5. The van der Waals surface area contributed by atoms with Crippen molar-refractivity contribution < 1.29 is 9.13 Å². The molecule has 19 heavy (non-hydrogen) atoms. The standard InChI is InChI=1S/C12H12Cl2FN3O/c13-7-12-16-10-6-9(15)8(14)5-11(10)18(12)17-1-3-19-4-2-17/h5-6H,1-4,7H2. The highest BCUT2D eigenvalue weighted by Crippen LogP contribution is 2.25. The lowest BCUT2D eigenvalue weighted by Crippen LogP contribution is -2.44. The summed E-state index contributed by atoms with van der Waals surface area (Å²) in [7, 11) is 0. The number of hydrogen-bond acceptors (Lipinski definition) is 3. The second kappa shape index (κ2) is 5.15. The molecule has 1 saturated heterocycles. The molecule has 2 aromatic rings. The van der Waals surface area contributed by atoms with Gasteiger partial charge in [-0.05, 0) is 6.07 Å². The van der Waals surface area contributed by atoms with Gasteiger partial charge in [0.2, 0.25) is 0 Å². The Labute approximate surface area is 119 Å². The number of imidazole rings is 1. The van der Waals surface area contributed by atoms with Crippen molar-refractivity contribution in [3.05, 3.63) is 28.8 Å². The number of ether oxygens (including phenoxy) is 1. The summed E-state index contributed by atoms with van der Waals surface area (Å²) in [5.41, 5.74) is 1.33. The molecule has 1 fully saturated rings. The minimum Gasteiger partial charge on any atom is -0.378 e. The Bertz CT molecular complexity index is 611. The lowest BCUT2D eigenvalue weighted by molar-refractivity contribution is 0.111. The molecule has 0 atom stereocenters. The van der Waals surface area contributed by atoms with Crippen LogP contribution in [0.2, 0.25) is 5.02 Å². The van der Waals surface area contributed by atoms with Gasteiger partial charge in [0.1, 0.15) is 11.6 Å². The SMILES string of the molecule is Fc1cc2nc(CCl)n(N3CCOCC3)c2cc1Cl. The van der Waals surface area contributed by atoms with E-state index in [1.165, 1.54) is 6.07 Å². The van der Waals surface area contributed by atoms with Crippen LogP contribution >= 0.6 is 23.2 Å². The summed E-state index contributed by atoms with van der Waals surface area (Å²) in [5, 5.41) is 2.17. The first-order valence-electron chi connectivity index (χ1n) is 5.96. The fraction of sp³-hybridized carbons (Fsp3) is 0.417. The van der Waals surface area contributed by atoms with Gasteiger partial charge in [-0.1, -0.05) is 11.6 Å². The van der Waals surface area contributed by atoms with Gasteiger partial charge in [-0.2, -0.15) is 0 Å². The molecular formula is C12H12Cl2FN3O. The molecule has 102 valence electrons. The van der Waals surface area contributed by atoms with Crippen LogP contribution in [-0.4, -0.2) is 36.0 Å². The second-order valence-electron chi connectivity index (χ2n) is 4.29. The molecule has 0 amide bonds. The average molecular weight is 304 g/mol. The quantitative estimate of drug-likeness (QED) is 0.799. The Morgan fingerprint density at radius 2 is 2.05 bits per heavy atom. The summed E-state index contributed by atoms with van der Waals surface area (Å²) in [6.45, 7) is 2.78. The normalized spacial score (nSPS) is 16.3. The van der Waals surface area contributed by atoms with E-state index in [0.717, 1.165) is 18.6 Å². The highest BCUT2D eigenvalue weighted by molar-refractivity contribution is 6.31. The summed E-state index contributed by atoms with van der Waals surface area (Å²) in [6.07, 6.45) is 0. The van der Waals surface area contributed by atoms with Gasteiger partial charge in [0.05, 0.1) is 48.2 Å². The molecule has 1 aliphatic rings. The second-order valence-corrected chi connectivity index (χ2v) is 4.97. The monoisotopic (exact) mass is 303 g/mol. The Balaban J connectivity index is 2.16. The molecule has 0 bridgehead atoms. The molecule has 0 unspecified atom stereocenters. The molecule has 1 aromatic carbocycles. The first kappa shape index (κ1) is 13.0. The third-order valence-electron chi connectivity index (χ3n) is 3.13. The largest absolute Gasteiger partial charge is 0.378 e. The number of rotatable bonds is 2. The van der Waals surface area contributed by atoms with Crippen molar-refractivity contribution in [1.29, 1.82) is 0 Å². The van der Waals surface area contributed by atoms with Crippen molar-refractivity contribution >= 4 is 34.2 Å². The van der Waals surface area contributed by atoms with Crippen LogP contribution in [0.3, 0.4) is 0 Å². The third kappa shape index (κ3) is 2.26. The van der Waals surface area contributed by atoms with E-state index in [0.29, 0.717) is 24.6 Å². The molecule has 0 radical (unpaired) electrons. The van der Waals surface area contributed by atoms with Gasteiger partial charge in [0, 0.05) is 6.07 Å². The third-order valence-corrected chi connectivity index (χ3v) is 3.66. The molecule has 3 rings (SSSR count). The van der Waals surface area contributed by atoms with Crippen LogP contribution in [0.15, 0.2) is 12.1 Å². The van der Waals surface area contributed by atoms with Gasteiger partial charge in [-0.3, -0.25) is 0 Å². The number of hydrogen-bond donors (Lipinski definition) is 0. The fourth-order valence-electron chi connectivity index (χ4n) is 2.27. The topological polar surface area (TPSA) is 30.3 Å². The predicted molar refractivity (Wildman–Crippen MR) is 73.0 cm³/mol. The molecule has 0 N–H and O–H groups in total. The Hall–Kier alpha value is -1.04. The number of alkyl halides is 1. The van der Waals surface area contributed by atoms with Crippen molar-refractivity contribution in [1.82, 2.24) is 9.66 Å². The van der Waals surface area contributed by atoms with Gasteiger partial charge in [-0.15, -0.1) is 11.6 Å². The van der Waals surface area contributed by atoms with Crippen LogP contribution in [0.25, 0.3) is 11.0 Å². The van der Waals surface area contributed by atoms with E-state index in [9.17, 15) is 4.39 Å². The van der Waals surface area contributed by atoms with Gasteiger partial charge in [0.15, 0.2) is 0 Å². The predicted octanol–water partition coefficient (Wildman–Crippen LogP) is 2.54. The molecule has 0 spiro atoms. The fourth-order valence-corrected chi connectivity index (χ4v) is 2.60. The van der Waals surface area contributed by atoms with Crippen LogP contribution < -0.4 is 5.01 Å². The number of aromatic nitrogens is 2. The Morgan fingerprint density at radius 3 is 2.74 bits per heavy atom. The summed E-state index contributed by atoms with van der Waals surface area (Å²) in [5.74, 6) is 0.466. The number of nitrogens with zero attached hydrogens (tertiary/aromatic N) is 3. The van der Waals surface area contributed by atoms with Crippen molar-refractivity contribution in [2.24, 2.45) is 0 Å². The summed E-state index contributed by atoms with van der Waals surface area (Å²) < 4.78 is 20.7. The molecule has 0 aliphatic carbocycles. The van der Waals surface area contributed by atoms with Crippen molar-refractivity contribution in [2.75, 3.05) is 31.3 Å². The smallest absolute Gasteiger partial charge is 0.144 e. The Kier molecular flexibility index (Phi) is 3.52. The lowest BCUT2D eigenvalue weighted by Gasteiger charge is -2.31. The minimum atomic E-state index is -0.470. The van der Waals surface area contributed by atoms with E-state index >= 15 is 0 Å². The number of morpholine rings is 1. The van der Waals surface area contributed by atoms with Gasteiger partial charge >= 0.3 is 0 Å². The van der Waals surface area contributed by atoms with Crippen LogP contribution in [-0.2, 0) is 10.6 Å². The number of benzene rings is 1. The first-order valence-corrected chi connectivity index (χ1v) is 6.87. The number of halogens is 3. The van der Waals surface area contributed by atoms with E-state index in [-0.39, 0.29) is 10.9 Å². The zero-order chi connectivity index (χ0) is 13.4. The van der Waals surface area contributed by atoms with Crippen LogP contribution in [0.4, 0.5) is 4.39 Å². The van der Waals surface area contributed by atoms with E-state index < -0.39 is 5.82 Å². The maximum Gasteiger partial charge on any atom is 0.144 e. The van der Waals surface area contributed by atoms with Crippen molar-refractivity contribution in [3.8, 4) is 0 Å². The average Bonchev–Trinajstić information content (AvgIpc) is 2.78. The Morgan fingerprint density at radius 1 is 1.32 bits per heavy atom. The van der Waals surface area contributed by atoms with E-state index in [1.54, 1.807) is 6.07 Å². The maximum atomic E-state index is 13.5. The molecule has 1 aliphatic heterocycles. The highest BCUT2D eigenvalue weighted by atomic mass is 35.5. The zero-order valence-electron chi connectivity index (χ0n) is 10.1. The summed E-state index contributed by atoms with van der Waals surface area (Å²) >= 11 is 11.8. The summed E-state index contributed by atoms with van der Waals surface area (Å²) in [4.78, 5) is 4.36. The number of fused-ring (bicyclic) bond motifs is 1. The van der Waals surface area contributed by atoms with Gasteiger partial charge in [-0.25, -0.2) is 14.1 Å². The van der Waals surface area contributed by atoms with Gasteiger partial charge < -0.3 is 9.75 Å². The van der Waals surface area contributed by atoms with E-state index in [4.69, 9.17) is 27.9 Å². The lowest BCUT2D eigenvalue weighted by atomic mass is 10.3. The van der Waals surface area contributed by atoms with E-state index in [2.05, 4.69) is 9.99 Å². The molecule has 7 heteroatoms. The van der Waals surface area contributed by atoms with Crippen LogP contribution in [0.1, 0.15) is 5.82 Å². The minimum absolute atomic E-state index is 0.0861. The van der Waals surface area contributed by atoms with Gasteiger partial charge in [0.25, 0.3) is 0 Å². The van der Waals surface area contributed by atoms with E-state index in [1.807, 2.05) is 4.68 Å². The van der Waals surface area contributed by atoms with Crippen LogP contribution in [0.5, 0.6) is 0 Å². The molecule has 2 heterocycles. The highest BCUT2D eigenvalue weighted by Gasteiger charge is 2.19. The zero-order valence-corrected chi connectivity index (χ0v) is 11.6. The molecule has 1 aromatic heterocycles. The molecular weight excluding hydrogens is 292 g/mol. The van der Waals surface area contributed by atoms with Crippen molar-refractivity contribution in [2.45, 2.75) is 5.88 Å². The molecule has 4 nitrogen and oxygen atoms in total.